The van der Waals surface area contributed by atoms with Crippen LogP contribution in [0.15, 0.2) is 47.6 Å². The van der Waals surface area contributed by atoms with Crippen LogP contribution < -0.4 is 15.5 Å². The van der Waals surface area contributed by atoms with Crippen molar-refractivity contribution in [2.24, 2.45) is 0 Å². The lowest BCUT2D eigenvalue weighted by molar-refractivity contribution is -0.113. The van der Waals surface area contributed by atoms with Crippen LogP contribution in [0.5, 0.6) is 5.75 Å². The van der Waals surface area contributed by atoms with Crippen LogP contribution in [0.25, 0.3) is 16.7 Å². The molecule has 0 fully saturated rings. The van der Waals surface area contributed by atoms with E-state index in [4.69, 9.17) is 21.7 Å². The van der Waals surface area contributed by atoms with Crippen molar-refractivity contribution in [1.82, 2.24) is 19.7 Å². The topological polar surface area (TPSA) is 109 Å². The molecule has 3 N–H and O–H groups in total. The van der Waals surface area contributed by atoms with Crippen LogP contribution in [0.4, 0.5) is 5.69 Å². The second kappa shape index (κ2) is 9.68. The number of anilines is 1. The number of benzene rings is 2. The highest BCUT2D eigenvalue weighted by molar-refractivity contribution is 7.99. The number of aromatic nitrogens is 4. The van der Waals surface area contributed by atoms with Crippen molar-refractivity contribution in [3.8, 4) is 11.4 Å². The van der Waals surface area contributed by atoms with Gasteiger partial charge in [-0.1, -0.05) is 29.4 Å². The molecule has 0 aliphatic rings. The summed E-state index contributed by atoms with van der Waals surface area (Å²) in [4.78, 5) is 17.3. The Bertz CT molecular complexity index is 1380. The lowest BCUT2D eigenvalue weighted by Gasteiger charge is -2.16. The lowest BCUT2D eigenvalue weighted by atomic mass is 10.2. The maximum atomic E-state index is 12.6. The summed E-state index contributed by atoms with van der Waals surface area (Å²) in [6, 6.07) is 12.7. The summed E-state index contributed by atoms with van der Waals surface area (Å²) >= 11 is 7.58. The highest BCUT2D eigenvalue weighted by Gasteiger charge is 2.18. The molecular formula is C23H23ClN6O2S. The zero-order valence-electron chi connectivity index (χ0n) is 18.4. The molecule has 4 rings (SSSR count). The molecule has 2 heterocycles. The summed E-state index contributed by atoms with van der Waals surface area (Å²) in [7, 11) is 0. The van der Waals surface area contributed by atoms with Crippen LogP contribution in [0.3, 0.4) is 0 Å². The van der Waals surface area contributed by atoms with E-state index in [1.54, 1.807) is 22.8 Å². The number of ether oxygens (including phenoxy) is 1. The number of H-pyrrole nitrogens is 1. The number of hydrogen-bond donors (Lipinski definition) is 3. The molecule has 0 spiro atoms. The van der Waals surface area contributed by atoms with Gasteiger partial charge in [-0.2, -0.15) is 5.10 Å². The molecule has 33 heavy (non-hydrogen) atoms. The number of rotatable bonds is 7. The fourth-order valence-corrected chi connectivity index (χ4v) is 4.39. The Morgan fingerprint density at radius 2 is 2.00 bits per heavy atom. The summed E-state index contributed by atoms with van der Waals surface area (Å²) in [5, 5.41) is 20.5. The largest absolute Gasteiger partial charge is 0.494 e. The zero-order valence-corrected chi connectivity index (χ0v) is 20.0. The molecule has 1 amide bonds. The van der Waals surface area contributed by atoms with Gasteiger partial charge in [0.05, 0.1) is 23.4 Å². The van der Waals surface area contributed by atoms with Crippen LogP contribution >= 0.6 is 23.4 Å². The van der Waals surface area contributed by atoms with Crippen molar-refractivity contribution in [2.75, 3.05) is 17.7 Å². The Balaban J connectivity index is 1.64. The SMILES string of the molecule is CCOc1ccc(NC(=O)CSc2nc3n[nH]c(C)c3c(=N)n2-c2cccc(Cl)c2C)cc1. The number of aryl methyl sites for hydroxylation is 1. The Labute approximate surface area is 199 Å². The first kappa shape index (κ1) is 22.9. The van der Waals surface area contributed by atoms with Gasteiger partial charge in [0.1, 0.15) is 11.2 Å². The molecule has 0 saturated carbocycles. The molecule has 8 nitrogen and oxygen atoms in total. The maximum Gasteiger partial charge on any atom is 0.234 e. The number of thioether (sulfide) groups is 1. The minimum absolute atomic E-state index is 0.105. The van der Waals surface area contributed by atoms with Crippen LogP contribution in [-0.2, 0) is 4.79 Å². The van der Waals surface area contributed by atoms with Crippen LogP contribution in [0.2, 0.25) is 5.02 Å². The average Bonchev–Trinajstić information content (AvgIpc) is 3.17. The molecule has 2 aromatic heterocycles. The standard InChI is InChI=1S/C23H23ClN6O2S/c1-4-32-16-10-8-15(9-11-16)26-19(31)12-33-23-27-22-20(14(3)28-29-22)21(25)30(23)18-7-5-6-17(24)13(18)2/h5-11,25H,4,12H2,1-3H3,(H,26,31)(H,28,29). The molecule has 0 unspecified atom stereocenters. The molecule has 170 valence electrons. The summed E-state index contributed by atoms with van der Waals surface area (Å²) in [6.07, 6.45) is 0. The summed E-state index contributed by atoms with van der Waals surface area (Å²) in [6.45, 7) is 6.24. The van der Waals surface area contributed by atoms with E-state index in [0.717, 1.165) is 22.7 Å². The Kier molecular flexibility index (Phi) is 6.71. The van der Waals surface area contributed by atoms with Gasteiger partial charge in [0.15, 0.2) is 10.8 Å². The minimum atomic E-state index is -0.190. The van der Waals surface area contributed by atoms with E-state index in [0.29, 0.717) is 33.5 Å². The first-order valence-electron chi connectivity index (χ1n) is 10.3. The summed E-state index contributed by atoms with van der Waals surface area (Å²) in [5.74, 6) is 0.663. The third-order valence-corrected chi connectivity index (χ3v) is 6.39. The second-order valence-electron chi connectivity index (χ2n) is 7.30. The van der Waals surface area contributed by atoms with Gasteiger partial charge in [0, 0.05) is 16.4 Å². The Hall–Kier alpha value is -3.30. The molecule has 0 saturated heterocycles. The maximum absolute atomic E-state index is 12.6. The number of nitrogens with zero attached hydrogens (tertiary/aromatic N) is 3. The van der Waals surface area contributed by atoms with Gasteiger partial charge in [0.2, 0.25) is 5.91 Å². The second-order valence-corrected chi connectivity index (χ2v) is 8.65. The minimum Gasteiger partial charge on any atom is -0.494 e. The molecule has 0 bridgehead atoms. The average molecular weight is 483 g/mol. The number of carbonyl (C=O) groups is 1. The van der Waals surface area contributed by atoms with E-state index in [2.05, 4.69) is 20.5 Å². The third kappa shape index (κ3) is 4.74. The van der Waals surface area contributed by atoms with E-state index in [1.165, 1.54) is 11.8 Å². The van der Waals surface area contributed by atoms with E-state index in [1.807, 2.05) is 45.0 Å². The zero-order chi connectivity index (χ0) is 23.5. The quantitative estimate of drug-likeness (QED) is 0.263. The van der Waals surface area contributed by atoms with E-state index in [9.17, 15) is 4.79 Å². The number of amides is 1. The van der Waals surface area contributed by atoms with E-state index >= 15 is 0 Å². The number of fused-ring (bicyclic) bond motifs is 1. The third-order valence-electron chi connectivity index (χ3n) is 5.04. The summed E-state index contributed by atoms with van der Waals surface area (Å²) in [5.41, 5.74) is 3.64. The number of halogens is 1. The van der Waals surface area contributed by atoms with Gasteiger partial charge < -0.3 is 10.1 Å². The van der Waals surface area contributed by atoms with Crippen molar-refractivity contribution in [3.63, 3.8) is 0 Å². The van der Waals surface area contributed by atoms with Crippen molar-refractivity contribution in [1.29, 1.82) is 5.41 Å². The molecule has 10 heteroatoms. The first-order chi connectivity index (χ1) is 15.9. The van der Waals surface area contributed by atoms with E-state index in [-0.39, 0.29) is 17.1 Å². The molecule has 0 aliphatic heterocycles. The highest BCUT2D eigenvalue weighted by atomic mass is 35.5. The van der Waals surface area contributed by atoms with Crippen molar-refractivity contribution < 1.29 is 9.53 Å². The molecule has 4 aromatic rings. The van der Waals surface area contributed by atoms with Crippen molar-refractivity contribution in [3.05, 3.63) is 64.2 Å². The smallest absolute Gasteiger partial charge is 0.234 e. The molecular weight excluding hydrogens is 460 g/mol. The first-order valence-corrected chi connectivity index (χ1v) is 11.7. The predicted molar refractivity (Wildman–Crippen MR) is 131 cm³/mol. The molecule has 0 aliphatic carbocycles. The lowest BCUT2D eigenvalue weighted by Crippen LogP contribution is -2.24. The van der Waals surface area contributed by atoms with Gasteiger partial charge >= 0.3 is 0 Å². The molecule has 0 radical (unpaired) electrons. The molecule has 0 atom stereocenters. The van der Waals surface area contributed by atoms with Crippen LogP contribution in [-0.4, -0.2) is 38.0 Å². The predicted octanol–water partition coefficient (Wildman–Crippen LogP) is 4.63. The monoisotopic (exact) mass is 482 g/mol. The summed E-state index contributed by atoms with van der Waals surface area (Å²) < 4.78 is 7.14. The number of hydrogen-bond acceptors (Lipinski definition) is 6. The van der Waals surface area contributed by atoms with Gasteiger partial charge in [-0.15, -0.1) is 0 Å². The fourth-order valence-electron chi connectivity index (χ4n) is 3.42. The van der Waals surface area contributed by atoms with Crippen molar-refractivity contribution in [2.45, 2.75) is 25.9 Å². The van der Waals surface area contributed by atoms with Gasteiger partial charge in [0.25, 0.3) is 0 Å². The Morgan fingerprint density at radius 1 is 1.24 bits per heavy atom. The van der Waals surface area contributed by atoms with Crippen LogP contribution in [0.1, 0.15) is 18.2 Å². The van der Waals surface area contributed by atoms with Gasteiger partial charge in [-0.3, -0.25) is 19.9 Å². The number of carbonyl (C=O) groups excluding carboxylic acids is 1. The highest BCUT2D eigenvalue weighted by Crippen LogP contribution is 2.27. The fraction of sp³-hybridized carbons (Fsp3) is 0.217. The number of aromatic amines is 1. The van der Waals surface area contributed by atoms with Gasteiger partial charge in [-0.25, -0.2) is 4.98 Å². The number of nitrogens with one attached hydrogen (secondary N) is 3. The Morgan fingerprint density at radius 3 is 2.73 bits per heavy atom. The van der Waals surface area contributed by atoms with E-state index < -0.39 is 0 Å². The normalized spacial score (nSPS) is 11.0. The molecule has 2 aromatic carbocycles. The van der Waals surface area contributed by atoms with Crippen molar-refractivity contribution >= 4 is 46.0 Å². The van der Waals surface area contributed by atoms with Crippen LogP contribution in [0, 0.1) is 19.3 Å². The van der Waals surface area contributed by atoms with Gasteiger partial charge in [-0.05, 0) is 62.7 Å².